The molecule has 0 fully saturated rings. The first-order valence-corrected chi connectivity index (χ1v) is 5.69. The highest BCUT2D eigenvalue weighted by molar-refractivity contribution is 5.86. The Morgan fingerprint density at radius 2 is 2.17 bits per heavy atom. The lowest BCUT2D eigenvalue weighted by Gasteiger charge is -2.05. The van der Waals surface area contributed by atoms with Gasteiger partial charge in [0, 0.05) is 11.6 Å². The SMILES string of the molecule is COc1cccc2c1ccn2Cc1nonc1C. The van der Waals surface area contributed by atoms with Gasteiger partial charge in [0.05, 0.1) is 19.2 Å². The van der Waals surface area contributed by atoms with Gasteiger partial charge in [-0.3, -0.25) is 0 Å². The van der Waals surface area contributed by atoms with Crippen LogP contribution in [0.15, 0.2) is 35.1 Å². The third kappa shape index (κ3) is 1.64. The number of fused-ring (bicyclic) bond motifs is 1. The highest BCUT2D eigenvalue weighted by Crippen LogP contribution is 2.26. The minimum atomic E-state index is 0.645. The molecule has 0 amide bonds. The Labute approximate surface area is 104 Å². The predicted octanol–water partition coefficient (Wildman–Crippen LogP) is 2.39. The van der Waals surface area contributed by atoms with Crippen LogP contribution < -0.4 is 4.74 Å². The van der Waals surface area contributed by atoms with Crippen molar-refractivity contribution >= 4 is 10.9 Å². The number of hydrogen-bond donors (Lipinski definition) is 0. The summed E-state index contributed by atoms with van der Waals surface area (Å²) in [6.45, 7) is 2.53. The van der Waals surface area contributed by atoms with E-state index in [4.69, 9.17) is 9.37 Å². The maximum absolute atomic E-state index is 5.34. The number of rotatable bonds is 3. The van der Waals surface area contributed by atoms with Crippen LogP contribution in [0.25, 0.3) is 10.9 Å². The molecule has 2 heterocycles. The quantitative estimate of drug-likeness (QED) is 0.708. The van der Waals surface area contributed by atoms with Gasteiger partial charge in [-0.25, -0.2) is 4.63 Å². The maximum Gasteiger partial charge on any atom is 0.128 e. The van der Waals surface area contributed by atoms with Crippen LogP contribution in [0.2, 0.25) is 0 Å². The van der Waals surface area contributed by atoms with E-state index >= 15 is 0 Å². The van der Waals surface area contributed by atoms with Gasteiger partial charge in [-0.2, -0.15) is 0 Å². The van der Waals surface area contributed by atoms with E-state index < -0.39 is 0 Å². The Hall–Kier alpha value is -2.30. The molecule has 0 aliphatic rings. The summed E-state index contributed by atoms with van der Waals surface area (Å²) < 4.78 is 12.2. The molecule has 0 atom stereocenters. The van der Waals surface area contributed by atoms with E-state index in [1.54, 1.807) is 7.11 Å². The molecule has 0 radical (unpaired) electrons. The van der Waals surface area contributed by atoms with Crippen LogP contribution in [-0.4, -0.2) is 22.0 Å². The molecule has 0 aliphatic carbocycles. The summed E-state index contributed by atoms with van der Waals surface area (Å²) in [5.74, 6) is 0.876. The molecule has 5 heteroatoms. The average Bonchev–Trinajstić information content (AvgIpc) is 2.97. The lowest BCUT2D eigenvalue weighted by Crippen LogP contribution is -1.99. The van der Waals surface area contributed by atoms with E-state index in [0.717, 1.165) is 28.0 Å². The van der Waals surface area contributed by atoms with Crippen molar-refractivity contribution in [2.45, 2.75) is 13.5 Å². The fourth-order valence-corrected chi connectivity index (χ4v) is 2.07. The minimum absolute atomic E-state index is 0.645. The van der Waals surface area contributed by atoms with Crippen LogP contribution in [0.5, 0.6) is 5.75 Å². The molecular weight excluding hydrogens is 230 g/mol. The molecule has 1 aromatic carbocycles. The molecule has 0 spiro atoms. The topological polar surface area (TPSA) is 53.1 Å². The van der Waals surface area contributed by atoms with Gasteiger partial charge in [-0.15, -0.1) is 0 Å². The van der Waals surface area contributed by atoms with E-state index in [1.165, 1.54) is 0 Å². The van der Waals surface area contributed by atoms with Gasteiger partial charge in [0.15, 0.2) is 0 Å². The third-order valence-electron chi connectivity index (χ3n) is 3.06. The standard InChI is InChI=1S/C13H13N3O2/c1-9-11(15-18-14-9)8-16-7-6-10-12(16)4-3-5-13(10)17-2/h3-7H,8H2,1-2H3. The molecule has 3 rings (SSSR count). The first kappa shape index (κ1) is 10.8. The fourth-order valence-electron chi connectivity index (χ4n) is 2.07. The normalized spacial score (nSPS) is 11.0. The van der Waals surface area contributed by atoms with Gasteiger partial charge < -0.3 is 9.30 Å². The molecule has 92 valence electrons. The molecule has 2 aromatic heterocycles. The van der Waals surface area contributed by atoms with E-state index in [9.17, 15) is 0 Å². The second kappa shape index (κ2) is 4.18. The summed E-state index contributed by atoms with van der Waals surface area (Å²) in [4.78, 5) is 0. The Bertz CT molecular complexity index is 684. The van der Waals surface area contributed by atoms with Gasteiger partial charge in [0.25, 0.3) is 0 Å². The van der Waals surface area contributed by atoms with Gasteiger partial charge >= 0.3 is 0 Å². The smallest absolute Gasteiger partial charge is 0.128 e. The summed E-state index contributed by atoms with van der Waals surface area (Å²) in [5, 5.41) is 8.78. The van der Waals surface area contributed by atoms with Gasteiger partial charge in [-0.1, -0.05) is 16.4 Å². The predicted molar refractivity (Wildman–Crippen MR) is 66.6 cm³/mol. The molecule has 5 nitrogen and oxygen atoms in total. The fraction of sp³-hybridized carbons (Fsp3) is 0.231. The van der Waals surface area contributed by atoms with E-state index in [2.05, 4.69) is 20.9 Å². The molecule has 0 N–H and O–H groups in total. The number of ether oxygens (including phenoxy) is 1. The van der Waals surface area contributed by atoms with E-state index in [1.807, 2.05) is 31.3 Å². The van der Waals surface area contributed by atoms with Gasteiger partial charge in [-0.05, 0) is 25.1 Å². The summed E-state index contributed by atoms with van der Waals surface area (Å²) in [5.41, 5.74) is 2.77. The monoisotopic (exact) mass is 243 g/mol. The van der Waals surface area contributed by atoms with Crippen LogP contribution in [-0.2, 0) is 6.54 Å². The van der Waals surface area contributed by atoms with Crippen LogP contribution in [0.4, 0.5) is 0 Å². The molecule has 0 aliphatic heterocycles. The first-order valence-electron chi connectivity index (χ1n) is 5.69. The van der Waals surface area contributed by atoms with Crippen LogP contribution in [0.3, 0.4) is 0 Å². The largest absolute Gasteiger partial charge is 0.496 e. The van der Waals surface area contributed by atoms with Gasteiger partial charge in [0.1, 0.15) is 17.1 Å². The van der Waals surface area contributed by atoms with Gasteiger partial charge in [0.2, 0.25) is 0 Å². The zero-order valence-electron chi connectivity index (χ0n) is 10.3. The highest BCUT2D eigenvalue weighted by atomic mass is 16.6. The molecular formula is C13H13N3O2. The lowest BCUT2D eigenvalue weighted by molar-refractivity contribution is 0.300. The van der Waals surface area contributed by atoms with Crippen molar-refractivity contribution in [3.05, 3.63) is 41.9 Å². The first-order chi connectivity index (χ1) is 8.79. The molecule has 18 heavy (non-hydrogen) atoms. The Balaban J connectivity index is 2.06. The average molecular weight is 243 g/mol. The summed E-state index contributed by atoms with van der Waals surface area (Å²) in [6.07, 6.45) is 2.02. The van der Waals surface area contributed by atoms with E-state index in [0.29, 0.717) is 6.54 Å². The van der Waals surface area contributed by atoms with Crippen LogP contribution in [0.1, 0.15) is 11.4 Å². The van der Waals surface area contributed by atoms with Crippen molar-refractivity contribution in [2.24, 2.45) is 0 Å². The second-order valence-corrected chi connectivity index (χ2v) is 4.13. The Kier molecular flexibility index (Phi) is 2.51. The number of aromatic nitrogens is 3. The summed E-state index contributed by atoms with van der Waals surface area (Å²) >= 11 is 0. The van der Waals surface area contributed by atoms with Crippen molar-refractivity contribution in [3.63, 3.8) is 0 Å². The zero-order chi connectivity index (χ0) is 12.5. The molecule has 0 bridgehead atoms. The summed E-state index contributed by atoms with van der Waals surface area (Å²) in [6, 6.07) is 8.03. The van der Waals surface area contributed by atoms with Crippen molar-refractivity contribution < 1.29 is 9.37 Å². The zero-order valence-corrected chi connectivity index (χ0v) is 10.3. The molecule has 0 saturated carbocycles. The molecule has 0 saturated heterocycles. The molecule has 3 aromatic rings. The number of benzene rings is 1. The highest BCUT2D eigenvalue weighted by Gasteiger charge is 2.09. The van der Waals surface area contributed by atoms with E-state index in [-0.39, 0.29) is 0 Å². The molecule has 0 unspecified atom stereocenters. The third-order valence-corrected chi connectivity index (χ3v) is 3.06. The number of methoxy groups -OCH3 is 1. The van der Waals surface area contributed by atoms with Crippen molar-refractivity contribution in [1.29, 1.82) is 0 Å². The Morgan fingerprint density at radius 1 is 1.28 bits per heavy atom. The van der Waals surface area contributed by atoms with Crippen molar-refractivity contribution in [3.8, 4) is 5.75 Å². The minimum Gasteiger partial charge on any atom is -0.496 e. The maximum atomic E-state index is 5.34. The summed E-state index contributed by atoms with van der Waals surface area (Å²) in [7, 11) is 1.68. The number of aryl methyl sites for hydroxylation is 1. The van der Waals surface area contributed by atoms with Crippen LogP contribution >= 0.6 is 0 Å². The van der Waals surface area contributed by atoms with Crippen molar-refractivity contribution in [1.82, 2.24) is 14.9 Å². The van der Waals surface area contributed by atoms with Crippen LogP contribution in [0, 0.1) is 6.92 Å². The second-order valence-electron chi connectivity index (χ2n) is 4.13. The lowest BCUT2D eigenvalue weighted by atomic mass is 10.2. The van der Waals surface area contributed by atoms with Crippen molar-refractivity contribution in [2.75, 3.05) is 7.11 Å². The number of hydrogen-bond acceptors (Lipinski definition) is 4. The number of nitrogens with zero attached hydrogens (tertiary/aromatic N) is 3. The Morgan fingerprint density at radius 3 is 2.89 bits per heavy atom.